The van der Waals surface area contributed by atoms with Gasteiger partial charge in [0, 0.05) is 11.4 Å². The molecule has 13 heteroatoms. The van der Waals surface area contributed by atoms with E-state index in [-0.39, 0.29) is 47.9 Å². The van der Waals surface area contributed by atoms with Crippen LogP contribution in [-0.4, -0.2) is 60.8 Å². The number of aliphatic carboxylic acids is 1. The van der Waals surface area contributed by atoms with E-state index in [1.54, 1.807) is 13.0 Å². The van der Waals surface area contributed by atoms with Crippen LogP contribution in [0.4, 0.5) is 20.2 Å². The summed E-state index contributed by atoms with van der Waals surface area (Å²) in [5, 5.41) is 15.2. The normalized spacial score (nSPS) is 11.5. The number of aryl methyl sites for hydroxylation is 2. The van der Waals surface area contributed by atoms with Crippen molar-refractivity contribution in [2.24, 2.45) is 5.73 Å². The fraction of sp³-hybridized carbons (Fsp3) is 0.512. The molecule has 0 saturated carbocycles. The molecule has 0 bridgehead atoms. The summed E-state index contributed by atoms with van der Waals surface area (Å²) in [6.45, 7) is 14.6. The number of methoxy groups -OCH3 is 2. The zero-order valence-electron chi connectivity index (χ0n) is 34.4. The van der Waals surface area contributed by atoms with E-state index in [1.807, 2.05) is 31.2 Å². The van der Waals surface area contributed by atoms with Crippen LogP contribution < -0.4 is 35.2 Å². The minimum Gasteiger partial charge on any atom is -0.870 e. The molecule has 2 rings (SSSR count). The Hall–Kier alpha value is -3.95. The van der Waals surface area contributed by atoms with Crippen LogP contribution in [0.2, 0.25) is 0 Å². The second-order valence-corrected chi connectivity index (χ2v) is 13.2. The maximum atomic E-state index is 13.4. The first-order valence-electron chi connectivity index (χ1n) is 18.9. The molecule has 2 aromatic rings. The smallest absolute Gasteiger partial charge is 0.870 e. The molecule has 0 amide bonds. The van der Waals surface area contributed by atoms with E-state index in [1.165, 1.54) is 38.5 Å². The van der Waals surface area contributed by atoms with E-state index in [9.17, 15) is 28.3 Å². The van der Waals surface area contributed by atoms with Crippen molar-refractivity contribution < 1.29 is 62.1 Å². The van der Waals surface area contributed by atoms with E-state index in [4.69, 9.17) is 10.5 Å². The van der Waals surface area contributed by atoms with Crippen molar-refractivity contribution in [1.82, 2.24) is 0 Å². The maximum absolute atomic E-state index is 13.4. The quantitative estimate of drug-likeness (QED) is 0.0363. The molecule has 0 aliphatic heterocycles. The number of esters is 2. The number of anilines is 2. The standard InChI is InChI=1S/C17H24FNO2.C16H22FNO2.C10H19NO2.Li.H2O/c1-4-5-6-7-8-9-16(17(20)21-3)19-15-11-13(2)10-14(18)12-15;1-3-4-5-6-7-8-15(16(19)20)18-14-10-12(2)9-13(17)11-14;1-3-4-5-6-7-8-9(11)10(12)13-2;;/h4,10-12,16,19H,1,5-9H2,2-3H3;3,9-11,15,18H,1,4-8H2,2H3,(H,19,20);3,9H,1,4-8,11H2,2H3;;1H2/q;;;+1;/p-1/t16-;15-;9-;;/m000../s1. The molecule has 56 heavy (non-hydrogen) atoms. The molecule has 0 heterocycles. The summed E-state index contributed by atoms with van der Waals surface area (Å²) < 4.78 is 36.0. The fourth-order valence-corrected chi connectivity index (χ4v) is 5.42. The minimum atomic E-state index is -0.907. The van der Waals surface area contributed by atoms with Gasteiger partial charge in [0.1, 0.15) is 29.8 Å². The van der Waals surface area contributed by atoms with Crippen molar-refractivity contribution in [1.29, 1.82) is 0 Å². The van der Waals surface area contributed by atoms with E-state index >= 15 is 0 Å². The van der Waals surface area contributed by atoms with E-state index in [2.05, 4.69) is 35.1 Å². The van der Waals surface area contributed by atoms with Gasteiger partial charge in [-0.3, -0.25) is 4.79 Å². The minimum absolute atomic E-state index is 0. The first-order valence-corrected chi connectivity index (χ1v) is 18.9. The Balaban J connectivity index is -0.000000760. The number of unbranched alkanes of at least 4 members (excludes halogenated alkanes) is 9. The van der Waals surface area contributed by atoms with Crippen LogP contribution in [0.3, 0.4) is 0 Å². The Labute approximate surface area is 346 Å². The van der Waals surface area contributed by atoms with Gasteiger partial charge in [-0.1, -0.05) is 56.8 Å². The average Bonchev–Trinajstić information content (AvgIpc) is 3.12. The summed E-state index contributed by atoms with van der Waals surface area (Å²) in [6, 6.07) is 7.56. The van der Waals surface area contributed by atoms with Crippen molar-refractivity contribution in [2.45, 2.75) is 128 Å². The molecular weight excluding hydrogens is 715 g/mol. The summed E-state index contributed by atoms with van der Waals surface area (Å²) in [7, 11) is 2.73. The molecule has 2 aromatic carbocycles. The first-order chi connectivity index (χ1) is 25.8. The monoisotopic (exact) mass is 782 g/mol. The molecule has 3 atom stereocenters. The second kappa shape index (κ2) is 35.5. The molecule has 0 radical (unpaired) electrons. The van der Waals surface area contributed by atoms with E-state index < -0.39 is 24.1 Å². The number of nitrogens with one attached hydrogen (secondary N) is 2. The number of hydrogen-bond acceptors (Lipinski definition) is 9. The summed E-state index contributed by atoms with van der Waals surface area (Å²) >= 11 is 0. The van der Waals surface area contributed by atoms with Gasteiger partial charge in [-0.05, 0) is 119 Å². The molecule has 310 valence electrons. The molecule has 0 unspecified atom stereocenters. The average molecular weight is 782 g/mol. The van der Waals surface area contributed by atoms with Gasteiger partial charge in [0.05, 0.1) is 14.2 Å². The largest absolute Gasteiger partial charge is 1.00 e. The Morgan fingerprint density at radius 3 is 1.39 bits per heavy atom. The number of rotatable bonds is 25. The number of carboxylic acids is 1. The molecule has 0 spiro atoms. The molecule has 0 fully saturated rings. The number of nitrogens with two attached hydrogens (primary N) is 1. The molecule has 0 aromatic heterocycles. The van der Waals surface area contributed by atoms with Crippen molar-refractivity contribution in [2.75, 3.05) is 24.9 Å². The number of halogens is 2. The van der Waals surface area contributed by atoms with Gasteiger partial charge in [0.2, 0.25) is 0 Å². The van der Waals surface area contributed by atoms with Gasteiger partial charge < -0.3 is 36.4 Å². The summed E-state index contributed by atoms with van der Waals surface area (Å²) in [5.74, 6) is -2.21. The SMILES string of the molecule is C=CCCCCC[C@H](N)C(=O)OC.C=CCCCCC[C@H](Nc1cc(C)cc(F)c1)C(=O)O.C=CCCCCC[C@H](Nc1cc(C)cc(F)c1)C(=O)OC.[Li+].[OH-]. The predicted molar refractivity (Wildman–Crippen MR) is 219 cm³/mol. The van der Waals surface area contributed by atoms with Crippen LogP contribution in [0.25, 0.3) is 0 Å². The molecule has 0 aliphatic rings. The van der Waals surface area contributed by atoms with Crippen molar-refractivity contribution in [3.05, 3.63) is 97.1 Å². The van der Waals surface area contributed by atoms with Gasteiger partial charge in [-0.2, -0.15) is 0 Å². The molecule has 0 saturated heterocycles. The Kier molecular flexibility index (Phi) is 35.7. The van der Waals surface area contributed by atoms with E-state index in [0.717, 1.165) is 88.2 Å². The van der Waals surface area contributed by atoms with Crippen LogP contribution in [0.5, 0.6) is 0 Å². The maximum Gasteiger partial charge on any atom is 1.00 e. The first kappa shape index (κ1) is 56.4. The van der Waals surface area contributed by atoms with Crippen LogP contribution in [0.15, 0.2) is 74.4 Å². The summed E-state index contributed by atoms with van der Waals surface area (Å²) in [5.41, 5.74) is 8.25. The fourth-order valence-electron chi connectivity index (χ4n) is 5.42. The van der Waals surface area contributed by atoms with Gasteiger partial charge in [-0.25, -0.2) is 18.4 Å². The molecule has 0 aliphatic carbocycles. The van der Waals surface area contributed by atoms with E-state index in [0.29, 0.717) is 30.6 Å². The molecule has 6 N–H and O–H groups in total. The number of carboxylic acid groups (broad SMARTS) is 1. The third kappa shape index (κ3) is 28.5. The van der Waals surface area contributed by atoms with Crippen LogP contribution in [0.1, 0.15) is 107 Å². The Bertz CT molecular complexity index is 1370. The molecular formula is C43H66F2LiN3O7. The molecule has 10 nitrogen and oxygen atoms in total. The van der Waals surface area contributed by atoms with Gasteiger partial charge in [-0.15, -0.1) is 19.7 Å². The third-order valence-corrected chi connectivity index (χ3v) is 8.28. The Morgan fingerprint density at radius 2 is 1.04 bits per heavy atom. The van der Waals surface area contributed by atoms with Crippen LogP contribution >= 0.6 is 0 Å². The number of hydrogen-bond donors (Lipinski definition) is 4. The topological polar surface area (TPSA) is 170 Å². The van der Waals surface area contributed by atoms with Crippen LogP contribution in [-0.2, 0) is 23.9 Å². The van der Waals surface area contributed by atoms with Gasteiger partial charge >= 0.3 is 36.8 Å². The number of benzene rings is 2. The number of allylic oxidation sites excluding steroid dienone is 3. The van der Waals surface area contributed by atoms with Crippen molar-refractivity contribution in [3.63, 3.8) is 0 Å². The van der Waals surface area contributed by atoms with Crippen molar-refractivity contribution >= 4 is 29.3 Å². The van der Waals surface area contributed by atoms with Crippen LogP contribution in [0, 0.1) is 25.5 Å². The second-order valence-electron chi connectivity index (χ2n) is 13.2. The number of ether oxygens (including phenoxy) is 2. The number of carbonyl (C=O) groups is 3. The number of carbonyl (C=O) groups excluding carboxylic acids is 2. The zero-order chi connectivity index (χ0) is 40.7. The van der Waals surface area contributed by atoms with Crippen molar-refractivity contribution in [3.8, 4) is 0 Å². The zero-order valence-corrected chi connectivity index (χ0v) is 34.4. The summed E-state index contributed by atoms with van der Waals surface area (Å²) in [4.78, 5) is 33.9. The van der Waals surface area contributed by atoms with Gasteiger partial charge in [0.25, 0.3) is 0 Å². The Morgan fingerprint density at radius 1 is 0.661 bits per heavy atom. The van der Waals surface area contributed by atoms with Gasteiger partial charge in [0.15, 0.2) is 0 Å². The predicted octanol–water partition coefficient (Wildman–Crippen LogP) is 6.81. The summed E-state index contributed by atoms with van der Waals surface area (Å²) in [6.07, 6.45) is 19.6. The third-order valence-electron chi connectivity index (χ3n) is 8.28.